The summed E-state index contributed by atoms with van der Waals surface area (Å²) in [5, 5.41) is 5.69. The number of carbonyl (C=O) groups is 2. The van der Waals surface area contributed by atoms with E-state index < -0.39 is 12.1 Å². The van der Waals surface area contributed by atoms with Crippen LogP contribution in [0, 0.1) is 0 Å². The summed E-state index contributed by atoms with van der Waals surface area (Å²) < 4.78 is 5.84. The van der Waals surface area contributed by atoms with Gasteiger partial charge in [0.25, 0.3) is 5.91 Å². The van der Waals surface area contributed by atoms with Crippen LogP contribution in [-0.4, -0.2) is 41.5 Å². The van der Waals surface area contributed by atoms with Crippen LogP contribution in [-0.2, 0) is 22.5 Å². The lowest BCUT2D eigenvalue weighted by Crippen LogP contribution is -2.34. The molecule has 1 atom stereocenters. The van der Waals surface area contributed by atoms with Gasteiger partial charge in [-0.3, -0.25) is 9.78 Å². The van der Waals surface area contributed by atoms with Crippen molar-refractivity contribution in [3.05, 3.63) is 83.6 Å². The van der Waals surface area contributed by atoms with E-state index in [9.17, 15) is 9.59 Å². The van der Waals surface area contributed by atoms with Gasteiger partial charge in [0.1, 0.15) is 0 Å². The molecule has 1 unspecified atom stereocenters. The fraction of sp³-hybridized carbons (Fsp3) is 0.250. The summed E-state index contributed by atoms with van der Waals surface area (Å²) in [4.78, 5) is 33.6. The molecule has 1 amide bonds. The Hall–Kier alpha value is -3.77. The lowest BCUT2D eigenvalue weighted by Gasteiger charge is -2.27. The van der Waals surface area contributed by atoms with Gasteiger partial charge in [0.15, 0.2) is 6.10 Å². The molecule has 172 valence electrons. The van der Waals surface area contributed by atoms with Crippen molar-refractivity contribution in [2.45, 2.75) is 32.4 Å². The monoisotopic (exact) mass is 453 g/mol. The number of nitrogens with one attached hydrogen (secondary N) is 1. The molecule has 1 N–H and O–H groups in total. The average molecular weight is 454 g/mol. The Kier molecular flexibility index (Phi) is 5.99. The van der Waals surface area contributed by atoms with E-state index in [2.05, 4.69) is 10.2 Å². The van der Waals surface area contributed by atoms with Gasteiger partial charge in [0.2, 0.25) is 0 Å². The number of carbonyl (C=O) groups excluding carboxylic acids is 2. The molecule has 3 aromatic carbocycles. The molecule has 5 rings (SSSR count). The zero-order chi connectivity index (χ0) is 23.7. The standard InChI is InChI=1S/C28H27N3O3/c1-3-25(27(32)30-22-14-8-10-18-9-4-5-11-19(18)22)34-28(33)26-20-12-6-7-13-23(20)29-24-15-16-31(2)17-21(24)26/h4-14,25H,3,15-17H2,1-2H3,(H,30,32). The normalized spacial score (nSPS) is 14.5. The van der Waals surface area contributed by atoms with Crippen LogP contribution in [0.1, 0.15) is 35.0 Å². The minimum absolute atomic E-state index is 0.337. The molecular weight excluding hydrogens is 426 g/mol. The number of hydrogen-bond donors (Lipinski definition) is 1. The molecule has 6 heteroatoms. The van der Waals surface area contributed by atoms with Crippen molar-refractivity contribution in [3.8, 4) is 0 Å². The third kappa shape index (κ3) is 4.13. The zero-order valence-corrected chi connectivity index (χ0v) is 19.4. The smallest absolute Gasteiger partial charge is 0.340 e. The quantitative estimate of drug-likeness (QED) is 0.433. The van der Waals surface area contributed by atoms with Crippen LogP contribution in [0.15, 0.2) is 66.7 Å². The molecular formula is C28H27N3O3. The second kappa shape index (κ2) is 9.23. The van der Waals surface area contributed by atoms with E-state index in [1.54, 1.807) is 0 Å². The van der Waals surface area contributed by atoms with E-state index in [1.165, 1.54) is 0 Å². The Morgan fingerprint density at radius 1 is 1.03 bits per heavy atom. The van der Waals surface area contributed by atoms with Gasteiger partial charge in [0.05, 0.1) is 11.1 Å². The summed E-state index contributed by atoms with van der Waals surface area (Å²) in [6.45, 7) is 3.35. The van der Waals surface area contributed by atoms with Gasteiger partial charge in [-0.25, -0.2) is 4.79 Å². The van der Waals surface area contributed by atoms with E-state index in [0.29, 0.717) is 24.2 Å². The highest BCUT2D eigenvalue weighted by Gasteiger charge is 2.29. The lowest BCUT2D eigenvalue weighted by molar-refractivity contribution is -0.124. The highest BCUT2D eigenvalue weighted by molar-refractivity contribution is 6.07. The number of para-hydroxylation sites is 1. The van der Waals surface area contributed by atoms with Gasteiger partial charge in [-0.15, -0.1) is 0 Å². The number of hydrogen-bond acceptors (Lipinski definition) is 5. The summed E-state index contributed by atoms with van der Waals surface area (Å²) in [6, 6.07) is 21.2. The number of likely N-dealkylation sites (N-methyl/N-ethyl adjacent to an activating group) is 1. The van der Waals surface area contributed by atoms with E-state index >= 15 is 0 Å². The Morgan fingerprint density at radius 3 is 2.59 bits per heavy atom. The highest BCUT2D eigenvalue weighted by Crippen LogP contribution is 2.29. The summed E-state index contributed by atoms with van der Waals surface area (Å²) in [6.07, 6.45) is 0.235. The molecule has 0 fully saturated rings. The predicted octanol–water partition coefficient (Wildman–Crippen LogP) is 4.95. The third-order valence-electron chi connectivity index (χ3n) is 6.40. The van der Waals surface area contributed by atoms with Crippen molar-refractivity contribution < 1.29 is 14.3 Å². The SMILES string of the molecule is CCC(OC(=O)c1c2c(nc3ccccc13)CCN(C)C2)C(=O)Nc1cccc2ccccc12. The van der Waals surface area contributed by atoms with Crippen molar-refractivity contribution in [3.63, 3.8) is 0 Å². The average Bonchev–Trinajstić information content (AvgIpc) is 2.86. The fourth-order valence-electron chi connectivity index (χ4n) is 4.62. The Morgan fingerprint density at radius 2 is 1.76 bits per heavy atom. The number of ether oxygens (including phenoxy) is 1. The number of nitrogens with zero attached hydrogens (tertiary/aromatic N) is 2. The number of pyridine rings is 1. The molecule has 0 radical (unpaired) electrons. The molecule has 6 nitrogen and oxygen atoms in total. The summed E-state index contributed by atoms with van der Waals surface area (Å²) in [5.74, 6) is -0.818. The van der Waals surface area contributed by atoms with Crippen LogP contribution in [0.2, 0.25) is 0 Å². The third-order valence-corrected chi connectivity index (χ3v) is 6.40. The summed E-state index contributed by atoms with van der Waals surface area (Å²) >= 11 is 0. The molecule has 1 aliphatic rings. The van der Waals surface area contributed by atoms with Crippen LogP contribution in [0.4, 0.5) is 5.69 Å². The van der Waals surface area contributed by atoms with Crippen molar-refractivity contribution in [1.29, 1.82) is 0 Å². The molecule has 0 bridgehead atoms. The minimum atomic E-state index is -0.907. The first-order valence-electron chi connectivity index (χ1n) is 11.6. The van der Waals surface area contributed by atoms with Gasteiger partial charge < -0.3 is 15.0 Å². The van der Waals surface area contributed by atoms with Gasteiger partial charge in [-0.2, -0.15) is 0 Å². The van der Waals surface area contributed by atoms with Gasteiger partial charge in [-0.1, -0.05) is 61.5 Å². The number of esters is 1. The van der Waals surface area contributed by atoms with E-state index in [4.69, 9.17) is 9.72 Å². The molecule has 0 saturated carbocycles. The van der Waals surface area contributed by atoms with Crippen LogP contribution in [0.5, 0.6) is 0 Å². The Balaban J connectivity index is 1.45. The molecule has 4 aromatic rings. The van der Waals surface area contributed by atoms with E-state index in [-0.39, 0.29) is 5.91 Å². The van der Waals surface area contributed by atoms with Gasteiger partial charge in [0, 0.05) is 47.2 Å². The molecule has 2 heterocycles. The molecule has 1 aromatic heterocycles. The Labute approximate surface area is 198 Å². The fourth-order valence-corrected chi connectivity index (χ4v) is 4.62. The minimum Gasteiger partial charge on any atom is -0.449 e. The number of aromatic nitrogens is 1. The van der Waals surface area contributed by atoms with Crippen LogP contribution < -0.4 is 5.32 Å². The van der Waals surface area contributed by atoms with Crippen molar-refractivity contribution in [1.82, 2.24) is 9.88 Å². The Bertz CT molecular complexity index is 1390. The van der Waals surface area contributed by atoms with Crippen molar-refractivity contribution >= 4 is 39.2 Å². The predicted molar refractivity (Wildman–Crippen MR) is 134 cm³/mol. The van der Waals surface area contributed by atoms with Crippen LogP contribution >= 0.6 is 0 Å². The largest absolute Gasteiger partial charge is 0.449 e. The number of anilines is 1. The molecule has 0 aliphatic carbocycles. The first kappa shape index (κ1) is 22.0. The van der Waals surface area contributed by atoms with Crippen molar-refractivity contribution in [2.75, 3.05) is 18.9 Å². The number of benzene rings is 3. The molecule has 1 aliphatic heterocycles. The molecule has 34 heavy (non-hydrogen) atoms. The van der Waals surface area contributed by atoms with Crippen LogP contribution in [0.25, 0.3) is 21.7 Å². The summed E-state index contributed by atoms with van der Waals surface area (Å²) in [5.41, 5.74) is 3.80. The van der Waals surface area contributed by atoms with Crippen LogP contribution in [0.3, 0.4) is 0 Å². The van der Waals surface area contributed by atoms with Gasteiger partial charge >= 0.3 is 5.97 Å². The van der Waals surface area contributed by atoms with E-state index in [0.717, 1.165) is 45.9 Å². The van der Waals surface area contributed by atoms with E-state index in [1.807, 2.05) is 80.7 Å². The molecule has 0 spiro atoms. The number of fused-ring (bicyclic) bond motifs is 3. The lowest BCUT2D eigenvalue weighted by atomic mass is 9.96. The first-order chi connectivity index (χ1) is 16.5. The zero-order valence-electron chi connectivity index (χ0n) is 19.4. The molecule has 0 saturated heterocycles. The maximum Gasteiger partial charge on any atom is 0.340 e. The van der Waals surface area contributed by atoms with Crippen molar-refractivity contribution in [2.24, 2.45) is 0 Å². The second-order valence-electron chi connectivity index (χ2n) is 8.74. The topological polar surface area (TPSA) is 71.5 Å². The summed E-state index contributed by atoms with van der Waals surface area (Å²) in [7, 11) is 2.03. The first-order valence-corrected chi connectivity index (χ1v) is 11.6. The number of rotatable bonds is 5. The number of amides is 1. The maximum atomic E-state index is 13.5. The highest BCUT2D eigenvalue weighted by atomic mass is 16.5. The maximum absolute atomic E-state index is 13.5. The second-order valence-corrected chi connectivity index (χ2v) is 8.74. The van der Waals surface area contributed by atoms with Gasteiger partial charge in [-0.05, 0) is 31.0 Å².